The van der Waals surface area contributed by atoms with Crippen LogP contribution in [0.3, 0.4) is 0 Å². The minimum absolute atomic E-state index is 0.559. The number of hydrogen-bond acceptors (Lipinski definition) is 4. The number of hydrogen-bond donors (Lipinski definition) is 0. The summed E-state index contributed by atoms with van der Waals surface area (Å²) in [6, 6.07) is 1.12. The maximum absolute atomic E-state index is 5.57. The number of rotatable bonds is 7. The van der Waals surface area contributed by atoms with Crippen LogP contribution in [0.25, 0.3) is 0 Å². The van der Waals surface area contributed by atoms with Crippen LogP contribution in [-0.2, 0) is 9.47 Å². The van der Waals surface area contributed by atoms with Crippen LogP contribution in [0, 0.1) is 0 Å². The van der Waals surface area contributed by atoms with Gasteiger partial charge >= 0.3 is 156 Å². The predicted octanol–water partition coefficient (Wildman–Crippen LogP) is 2.90. The van der Waals surface area contributed by atoms with E-state index in [-0.39, 0.29) is 0 Å². The number of ether oxygens (including phenoxy) is 2. The summed E-state index contributed by atoms with van der Waals surface area (Å²) in [7, 11) is 4.31. The standard InChI is InChI=1S/C17H31BBrN2O2P/c1-22-12-14-6-4-10-20(14)24(18,17-9-3-8-16(17)19)21-11-5-7-15(21)13-23-2/h3,8,14-15,24H,4-7,9-13,18H2,1-2H3/t14-,15-/m1/s1. The van der Waals surface area contributed by atoms with E-state index in [1.807, 2.05) is 14.2 Å². The molecule has 2 atom stereocenters. The van der Waals surface area contributed by atoms with Gasteiger partial charge in [0.05, 0.1) is 0 Å². The van der Waals surface area contributed by atoms with Gasteiger partial charge in [0.25, 0.3) is 0 Å². The molecular formula is C17H31BBrN2O2P. The Kier molecular flexibility index (Phi) is 6.61. The average Bonchev–Trinajstić information content (AvgIpc) is 3.28. The van der Waals surface area contributed by atoms with Crippen LogP contribution < -0.4 is 0 Å². The van der Waals surface area contributed by atoms with Crippen molar-refractivity contribution in [1.82, 2.24) is 9.34 Å². The number of nitrogens with zero attached hydrogens (tertiary/aromatic N) is 2. The maximum atomic E-state index is 5.57. The summed E-state index contributed by atoms with van der Waals surface area (Å²) in [5.41, 5.74) is 0. The molecule has 0 bridgehead atoms. The summed E-state index contributed by atoms with van der Waals surface area (Å²) in [4.78, 5) is 0. The van der Waals surface area contributed by atoms with E-state index in [0.717, 1.165) is 19.6 Å². The Morgan fingerprint density at radius 1 is 1.12 bits per heavy atom. The van der Waals surface area contributed by atoms with E-state index in [1.54, 1.807) is 5.31 Å². The quantitative estimate of drug-likeness (QED) is 0.470. The molecular weight excluding hydrogens is 386 g/mol. The van der Waals surface area contributed by atoms with Gasteiger partial charge in [-0.3, -0.25) is 0 Å². The van der Waals surface area contributed by atoms with Crippen LogP contribution in [0.5, 0.6) is 0 Å². The second kappa shape index (κ2) is 8.32. The molecule has 2 heterocycles. The Hall–Kier alpha value is 0.295. The third-order valence-corrected chi connectivity index (χ3v) is 12.2. The van der Waals surface area contributed by atoms with E-state index >= 15 is 0 Å². The first-order valence-electron chi connectivity index (χ1n) is 9.20. The van der Waals surface area contributed by atoms with Gasteiger partial charge in [-0.15, -0.1) is 0 Å². The third-order valence-electron chi connectivity index (χ3n) is 6.04. The van der Waals surface area contributed by atoms with Crippen molar-refractivity contribution < 1.29 is 9.47 Å². The number of methoxy groups -OCH3 is 2. The summed E-state index contributed by atoms with van der Waals surface area (Å²) in [6.45, 7) is 4.11. The minimum atomic E-state index is -1.94. The van der Waals surface area contributed by atoms with Crippen molar-refractivity contribution in [3.8, 4) is 0 Å². The fraction of sp³-hybridized carbons (Fsp3) is 0.765. The summed E-state index contributed by atoms with van der Waals surface area (Å²) < 4.78 is 18.1. The van der Waals surface area contributed by atoms with Gasteiger partial charge in [0, 0.05) is 0 Å². The molecule has 0 N–H and O–H groups in total. The molecule has 0 aromatic heterocycles. The molecule has 0 unspecified atom stereocenters. The van der Waals surface area contributed by atoms with Gasteiger partial charge in [-0.05, 0) is 0 Å². The Bertz CT molecular complexity index is 493. The van der Waals surface area contributed by atoms with E-state index in [0.29, 0.717) is 12.1 Å². The molecule has 24 heavy (non-hydrogen) atoms. The van der Waals surface area contributed by atoms with Crippen molar-refractivity contribution in [1.29, 1.82) is 0 Å². The molecule has 4 nitrogen and oxygen atoms in total. The molecule has 0 saturated carbocycles. The Morgan fingerprint density at radius 3 is 2.08 bits per heavy atom. The van der Waals surface area contributed by atoms with Gasteiger partial charge in [0.1, 0.15) is 0 Å². The van der Waals surface area contributed by atoms with Crippen molar-refractivity contribution in [3.63, 3.8) is 0 Å². The summed E-state index contributed by atoms with van der Waals surface area (Å²) >= 11 is 3.86. The Balaban J connectivity index is 1.97. The van der Waals surface area contributed by atoms with E-state index in [4.69, 9.17) is 9.47 Å². The normalized spacial score (nSPS) is 30.0. The molecule has 136 valence electrons. The first kappa shape index (κ1) is 19.1. The Labute approximate surface area is 156 Å². The SMILES string of the molecule is B[PH](C1=C(Br)C=CC1)(N1CCC[C@@H]1COC)N1CCC[C@@H]1COC. The van der Waals surface area contributed by atoms with Gasteiger partial charge in [0.2, 0.25) is 0 Å². The van der Waals surface area contributed by atoms with E-state index in [9.17, 15) is 0 Å². The molecule has 0 spiro atoms. The van der Waals surface area contributed by atoms with E-state index in [1.165, 1.54) is 43.3 Å². The van der Waals surface area contributed by atoms with Crippen molar-refractivity contribution in [2.24, 2.45) is 0 Å². The van der Waals surface area contributed by atoms with Gasteiger partial charge in [-0.1, -0.05) is 0 Å². The molecule has 2 fully saturated rings. The zero-order valence-electron chi connectivity index (χ0n) is 15.3. The molecule has 3 rings (SSSR count). The zero-order valence-corrected chi connectivity index (χ0v) is 17.8. The fourth-order valence-corrected chi connectivity index (χ4v) is 11.5. The van der Waals surface area contributed by atoms with E-state index in [2.05, 4.69) is 45.0 Å². The van der Waals surface area contributed by atoms with Gasteiger partial charge in [0.15, 0.2) is 0 Å². The van der Waals surface area contributed by atoms with Crippen molar-refractivity contribution in [3.05, 3.63) is 21.9 Å². The second-order valence-electron chi connectivity index (χ2n) is 7.34. The fourth-order valence-electron chi connectivity index (χ4n) is 4.96. The molecule has 0 amide bonds. The van der Waals surface area contributed by atoms with Crippen LogP contribution in [-0.4, -0.2) is 69.5 Å². The van der Waals surface area contributed by atoms with Gasteiger partial charge in [-0.25, -0.2) is 0 Å². The molecule has 3 aliphatic rings. The van der Waals surface area contributed by atoms with Crippen LogP contribution in [0.4, 0.5) is 0 Å². The molecule has 0 aromatic carbocycles. The zero-order chi connectivity index (χ0) is 17.2. The van der Waals surface area contributed by atoms with Crippen LogP contribution >= 0.6 is 23.4 Å². The molecule has 1 aliphatic carbocycles. The van der Waals surface area contributed by atoms with Crippen molar-refractivity contribution in [2.75, 3.05) is 40.5 Å². The molecule has 2 saturated heterocycles. The molecule has 0 aromatic rings. The average molecular weight is 417 g/mol. The van der Waals surface area contributed by atoms with Crippen LogP contribution in [0.2, 0.25) is 0 Å². The first-order chi connectivity index (χ1) is 11.6. The van der Waals surface area contributed by atoms with Crippen LogP contribution in [0.15, 0.2) is 21.9 Å². The number of allylic oxidation sites excluding steroid dienone is 4. The third kappa shape index (κ3) is 3.43. The summed E-state index contributed by atoms with van der Waals surface area (Å²) in [5, 5.41) is 1.63. The molecule has 0 radical (unpaired) electrons. The topological polar surface area (TPSA) is 24.9 Å². The van der Waals surface area contributed by atoms with Crippen molar-refractivity contribution in [2.45, 2.75) is 44.2 Å². The number of halogens is 1. The summed E-state index contributed by atoms with van der Waals surface area (Å²) in [6.07, 6.45) is 10.8. The molecule has 7 heteroatoms. The van der Waals surface area contributed by atoms with Crippen molar-refractivity contribution >= 4 is 30.9 Å². The van der Waals surface area contributed by atoms with Crippen LogP contribution in [0.1, 0.15) is 32.1 Å². The van der Waals surface area contributed by atoms with Gasteiger partial charge < -0.3 is 0 Å². The summed E-state index contributed by atoms with van der Waals surface area (Å²) in [5.74, 6) is 0. The monoisotopic (exact) mass is 416 g/mol. The first-order valence-corrected chi connectivity index (χ1v) is 12.4. The predicted molar refractivity (Wildman–Crippen MR) is 110 cm³/mol. The van der Waals surface area contributed by atoms with Gasteiger partial charge in [-0.2, -0.15) is 0 Å². The molecule has 2 aliphatic heterocycles. The van der Waals surface area contributed by atoms with E-state index < -0.39 is 7.44 Å². The second-order valence-corrected chi connectivity index (χ2v) is 12.0. The Morgan fingerprint density at radius 2 is 1.67 bits per heavy atom.